The van der Waals surface area contributed by atoms with Crippen LogP contribution in [0, 0.1) is 0 Å². The summed E-state index contributed by atoms with van der Waals surface area (Å²) in [6.07, 6.45) is 2.44. The SMILES string of the molecule is COc1ccccc1C(CNC(=O)CSC(C)(C)C)N1CCCC1. The number of hydrogen-bond acceptors (Lipinski definition) is 4. The fourth-order valence-electron chi connectivity index (χ4n) is 2.97. The van der Waals surface area contributed by atoms with E-state index in [1.807, 2.05) is 18.2 Å². The highest BCUT2D eigenvalue weighted by Crippen LogP contribution is 2.31. The molecule has 0 saturated carbocycles. The second-order valence-corrected chi connectivity index (χ2v) is 9.01. The first kappa shape index (κ1) is 19.1. The number of thioether (sulfide) groups is 1. The number of rotatable bonds is 7. The first-order valence-electron chi connectivity index (χ1n) is 8.68. The second kappa shape index (κ2) is 8.77. The van der Waals surface area contributed by atoms with Crippen LogP contribution >= 0.6 is 11.8 Å². The molecule has 1 N–H and O–H groups in total. The summed E-state index contributed by atoms with van der Waals surface area (Å²) in [4.78, 5) is 14.7. The van der Waals surface area contributed by atoms with Crippen molar-refractivity contribution < 1.29 is 9.53 Å². The van der Waals surface area contributed by atoms with Crippen LogP contribution in [0.2, 0.25) is 0 Å². The zero-order valence-electron chi connectivity index (χ0n) is 15.3. The monoisotopic (exact) mass is 350 g/mol. The summed E-state index contributed by atoms with van der Waals surface area (Å²) in [6, 6.07) is 8.31. The van der Waals surface area contributed by atoms with E-state index in [1.54, 1.807) is 18.9 Å². The van der Waals surface area contributed by atoms with Gasteiger partial charge in [0, 0.05) is 16.9 Å². The first-order valence-corrected chi connectivity index (χ1v) is 9.67. The van der Waals surface area contributed by atoms with E-state index in [2.05, 4.69) is 37.1 Å². The number of carbonyl (C=O) groups excluding carboxylic acids is 1. The van der Waals surface area contributed by atoms with Gasteiger partial charge in [0.2, 0.25) is 5.91 Å². The molecule has 0 spiro atoms. The van der Waals surface area contributed by atoms with Crippen molar-refractivity contribution in [3.8, 4) is 5.75 Å². The number of likely N-dealkylation sites (tertiary alicyclic amines) is 1. The molecule has 0 radical (unpaired) electrons. The predicted molar refractivity (Wildman–Crippen MR) is 102 cm³/mol. The third-order valence-corrected chi connectivity index (χ3v) is 5.48. The summed E-state index contributed by atoms with van der Waals surface area (Å²) in [5, 5.41) is 3.13. The number of amides is 1. The van der Waals surface area contributed by atoms with Crippen molar-refractivity contribution in [1.82, 2.24) is 10.2 Å². The average Bonchev–Trinajstić information content (AvgIpc) is 3.07. The lowest BCUT2D eigenvalue weighted by atomic mass is 10.0. The lowest BCUT2D eigenvalue weighted by molar-refractivity contribution is -0.118. The summed E-state index contributed by atoms with van der Waals surface area (Å²) >= 11 is 1.68. The third kappa shape index (κ3) is 5.71. The number of nitrogens with one attached hydrogen (secondary N) is 1. The van der Waals surface area contributed by atoms with Crippen LogP contribution < -0.4 is 10.1 Å². The van der Waals surface area contributed by atoms with Crippen LogP contribution in [0.4, 0.5) is 0 Å². The van der Waals surface area contributed by atoms with Crippen molar-refractivity contribution in [1.29, 1.82) is 0 Å². The quantitative estimate of drug-likeness (QED) is 0.817. The van der Waals surface area contributed by atoms with Crippen LogP contribution in [-0.2, 0) is 4.79 Å². The normalized spacial score (nSPS) is 16.8. The molecule has 1 heterocycles. The number of nitrogens with zero attached hydrogens (tertiary/aromatic N) is 1. The number of ether oxygens (including phenoxy) is 1. The topological polar surface area (TPSA) is 41.6 Å². The van der Waals surface area contributed by atoms with Crippen molar-refractivity contribution in [2.75, 3.05) is 32.5 Å². The molecule has 134 valence electrons. The largest absolute Gasteiger partial charge is 0.496 e. The molecule has 5 heteroatoms. The molecule has 1 fully saturated rings. The van der Waals surface area contributed by atoms with Crippen molar-refractivity contribution in [3.63, 3.8) is 0 Å². The molecule has 1 aromatic rings. The van der Waals surface area contributed by atoms with Gasteiger partial charge in [0.15, 0.2) is 0 Å². The van der Waals surface area contributed by atoms with E-state index in [-0.39, 0.29) is 16.7 Å². The Kier molecular flexibility index (Phi) is 6.99. The minimum Gasteiger partial charge on any atom is -0.496 e. The van der Waals surface area contributed by atoms with Gasteiger partial charge in [-0.3, -0.25) is 9.69 Å². The maximum Gasteiger partial charge on any atom is 0.230 e. The van der Waals surface area contributed by atoms with Gasteiger partial charge in [-0.15, -0.1) is 11.8 Å². The van der Waals surface area contributed by atoms with E-state index < -0.39 is 0 Å². The molecular weight excluding hydrogens is 320 g/mol. The molecule has 4 nitrogen and oxygen atoms in total. The van der Waals surface area contributed by atoms with Crippen molar-refractivity contribution in [2.45, 2.75) is 44.4 Å². The fraction of sp³-hybridized carbons (Fsp3) is 0.632. The van der Waals surface area contributed by atoms with Crippen LogP contribution in [0.25, 0.3) is 0 Å². The highest BCUT2D eigenvalue weighted by atomic mass is 32.2. The molecule has 1 saturated heterocycles. The van der Waals surface area contributed by atoms with E-state index in [9.17, 15) is 4.79 Å². The maximum atomic E-state index is 12.2. The van der Waals surface area contributed by atoms with Gasteiger partial charge in [0.25, 0.3) is 0 Å². The summed E-state index contributed by atoms with van der Waals surface area (Å²) in [7, 11) is 1.71. The Morgan fingerprint density at radius 1 is 1.29 bits per heavy atom. The third-order valence-electron chi connectivity index (χ3n) is 4.21. The van der Waals surface area contributed by atoms with Crippen molar-refractivity contribution >= 4 is 17.7 Å². The van der Waals surface area contributed by atoms with Crippen LogP contribution in [0.3, 0.4) is 0 Å². The van der Waals surface area contributed by atoms with Crippen LogP contribution in [0.1, 0.15) is 45.2 Å². The van der Waals surface area contributed by atoms with E-state index in [4.69, 9.17) is 4.74 Å². The molecule has 0 aliphatic carbocycles. The standard InChI is InChI=1S/C19H30N2O2S/c1-19(2,3)24-14-18(22)20-13-16(21-11-7-8-12-21)15-9-5-6-10-17(15)23-4/h5-6,9-10,16H,7-8,11-14H2,1-4H3,(H,20,22). The molecule has 0 bridgehead atoms. The molecule has 1 aliphatic rings. The Morgan fingerprint density at radius 3 is 2.58 bits per heavy atom. The molecule has 1 aromatic carbocycles. The second-order valence-electron chi connectivity index (χ2n) is 7.21. The Morgan fingerprint density at radius 2 is 1.96 bits per heavy atom. The Balaban J connectivity index is 2.03. The van der Waals surface area contributed by atoms with Crippen LogP contribution in [0.15, 0.2) is 24.3 Å². The summed E-state index contributed by atoms with van der Waals surface area (Å²) in [5.41, 5.74) is 1.16. The number of methoxy groups -OCH3 is 1. The van der Waals surface area contributed by atoms with E-state index in [1.165, 1.54) is 12.8 Å². The van der Waals surface area contributed by atoms with Gasteiger partial charge in [0.1, 0.15) is 5.75 Å². The molecular formula is C19H30N2O2S. The molecule has 0 aromatic heterocycles. The number of hydrogen-bond donors (Lipinski definition) is 1. The molecule has 2 rings (SSSR count). The molecule has 24 heavy (non-hydrogen) atoms. The first-order chi connectivity index (χ1) is 11.4. The van der Waals surface area contributed by atoms with E-state index in [0.29, 0.717) is 12.3 Å². The lowest BCUT2D eigenvalue weighted by Gasteiger charge is -2.29. The number of para-hydroxylation sites is 1. The van der Waals surface area contributed by atoms with Gasteiger partial charge in [0.05, 0.1) is 18.9 Å². The minimum atomic E-state index is 0.106. The van der Waals surface area contributed by atoms with Gasteiger partial charge >= 0.3 is 0 Å². The van der Waals surface area contributed by atoms with Crippen LogP contribution in [0.5, 0.6) is 5.75 Å². The fourth-order valence-corrected chi connectivity index (χ4v) is 3.64. The Labute approximate surface area is 150 Å². The van der Waals surface area contributed by atoms with Crippen LogP contribution in [-0.4, -0.2) is 48.1 Å². The predicted octanol–water partition coefficient (Wildman–Crippen LogP) is 3.48. The smallest absolute Gasteiger partial charge is 0.230 e. The van der Waals surface area contributed by atoms with Gasteiger partial charge in [-0.1, -0.05) is 39.0 Å². The van der Waals surface area contributed by atoms with E-state index in [0.717, 1.165) is 24.4 Å². The highest BCUT2D eigenvalue weighted by Gasteiger charge is 2.26. The van der Waals surface area contributed by atoms with Gasteiger partial charge in [-0.25, -0.2) is 0 Å². The van der Waals surface area contributed by atoms with Gasteiger partial charge in [-0.05, 0) is 32.0 Å². The molecule has 1 unspecified atom stereocenters. The minimum absolute atomic E-state index is 0.106. The summed E-state index contributed by atoms with van der Waals surface area (Å²) in [5.74, 6) is 1.50. The zero-order chi connectivity index (χ0) is 17.6. The summed E-state index contributed by atoms with van der Waals surface area (Å²) in [6.45, 7) is 9.18. The number of carbonyl (C=O) groups is 1. The average molecular weight is 351 g/mol. The molecule has 1 aliphatic heterocycles. The highest BCUT2D eigenvalue weighted by molar-refractivity contribution is 8.01. The maximum absolute atomic E-state index is 12.2. The van der Waals surface area contributed by atoms with Gasteiger partial charge in [-0.2, -0.15) is 0 Å². The Hall–Kier alpha value is -1.20. The van der Waals surface area contributed by atoms with Gasteiger partial charge < -0.3 is 10.1 Å². The lowest BCUT2D eigenvalue weighted by Crippen LogP contribution is -2.38. The molecule has 1 atom stereocenters. The zero-order valence-corrected chi connectivity index (χ0v) is 16.1. The van der Waals surface area contributed by atoms with E-state index >= 15 is 0 Å². The number of benzene rings is 1. The van der Waals surface area contributed by atoms with Crippen molar-refractivity contribution in [2.24, 2.45) is 0 Å². The Bertz CT molecular complexity index is 536. The van der Waals surface area contributed by atoms with Crippen molar-refractivity contribution in [3.05, 3.63) is 29.8 Å². The molecule has 1 amide bonds. The summed E-state index contributed by atoms with van der Waals surface area (Å²) < 4.78 is 5.65.